The second kappa shape index (κ2) is 14.2. The number of rotatable bonds is 5. The van der Waals surface area contributed by atoms with Gasteiger partial charge in [0.1, 0.15) is 5.82 Å². The summed E-state index contributed by atoms with van der Waals surface area (Å²) in [6.45, 7) is 12.2. The van der Waals surface area contributed by atoms with Crippen LogP contribution in [0.1, 0.15) is 46.4 Å². The summed E-state index contributed by atoms with van der Waals surface area (Å²) in [5, 5.41) is 3.14. The van der Waals surface area contributed by atoms with Gasteiger partial charge in [0.15, 0.2) is 0 Å². The van der Waals surface area contributed by atoms with Crippen molar-refractivity contribution in [2.24, 2.45) is 0 Å². The SMILES string of the molecule is CC.CC.CNCCCCn1ccnc1C. The Balaban J connectivity index is 0. The molecule has 0 atom stereocenters. The van der Waals surface area contributed by atoms with Crippen LogP contribution in [-0.2, 0) is 6.54 Å². The van der Waals surface area contributed by atoms with Crippen LogP contribution >= 0.6 is 0 Å². The van der Waals surface area contributed by atoms with Gasteiger partial charge in [-0.3, -0.25) is 0 Å². The van der Waals surface area contributed by atoms with E-state index in [1.54, 1.807) is 0 Å². The molecule has 1 rings (SSSR count). The molecule has 0 spiro atoms. The predicted molar refractivity (Wildman–Crippen MR) is 72.8 cm³/mol. The molecule has 1 N–H and O–H groups in total. The summed E-state index contributed by atoms with van der Waals surface area (Å²) in [6, 6.07) is 0. The Morgan fingerprint density at radius 1 is 1.19 bits per heavy atom. The first-order valence-corrected chi connectivity index (χ1v) is 6.47. The first-order chi connectivity index (χ1) is 7.84. The van der Waals surface area contributed by atoms with Gasteiger partial charge in [-0.15, -0.1) is 0 Å². The van der Waals surface area contributed by atoms with E-state index in [-0.39, 0.29) is 0 Å². The zero-order valence-electron chi connectivity index (χ0n) is 11.9. The first kappa shape index (κ1) is 17.6. The number of hydrogen-bond acceptors (Lipinski definition) is 2. The molecule has 0 amide bonds. The van der Waals surface area contributed by atoms with E-state index in [4.69, 9.17) is 0 Å². The summed E-state index contributed by atoms with van der Waals surface area (Å²) < 4.78 is 2.19. The fourth-order valence-electron chi connectivity index (χ4n) is 1.22. The van der Waals surface area contributed by atoms with Crippen molar-refractivity contribution in [2.75, 3.05) is 13.6 Å². The molecule has 1 aromatic rings. The number of nitrogens with one attached hydrogen (secondary N) is 1. The van der Waals surface area contributed by atoms with Gasteiger partial charge in [-0.05, 0) is 33.4 Å². The molecule has 1 heterocycles. The highest BCUT2D eigenvalue weighted by Crippen LogP contribution is 1.98. The van der Waals surface area contributed by atoms with E-state index in [2.05, 4.69) is 14.9 Å². The third kappa shape index (κ3) is 8.48. The molecule has 0 aliphatic rings. The lowest BCUT2D eigenvalue weighted by Crippen LogP contribution is -2.09. The Bertz CT molecular complexity index is 219. The van der Waals surface area contributed by atoms with Gasteiger partial charge < -0.3 is 9.88 Å². The van der Waals surface area contributed by atoms with Crippen molar-refractivity contribution in [2.45, 2.75) is 54.0 Å². The fraction of sp³-hybridized carbons (Fsp3) is 0.769. The highest BCUT2D eigenvalue weighted by atomic mass is 15.0. The second-order valence-electron chi connectivity index (χ2n) is 2.98. The Morgan fingerprint density at radius 2 is 1.81 bits per heavy atom. The average molecular weight is 227 g/mol. The quantitative estimate of drug-likeness (QED) is 0.783. The highest BCUT2D eigenvalue weighted by Gasteiger charge is 1.94. The molecule has 1 aromatic heterocycles. The minimum Gasteiger partial charge on any atom is -0.335 e. The van der Waals surface area contributed by atoms with E-state index in [0.29, 0.717) is 0 Å². The number of aryl methyl sites for hydroxylation is 2. The number of aromatic nitrogens is 2. The number of imidazole rings is 1. The molecule has 0 saturated heterocycles. The lowest BCUT2D eigenvalue weighted by atomic mass is 10.3. The van der Waals surface area contributed by atoms with Crippen LogP contribution in [0.15, 0.2) is 12.4 Å². The molecule has 0 bridgehead atoms. The van der Waals surface area contributed by atoms with E-state index in [1.807, 2.05) is 54.1 Å². The lowest BCUT2D eigenvalue weighted by molar-refractivity contribution is 0.581. The predicted octanol–water partition coefficient (Wildman–Crippen LogP) is 3.24. The standard InChI is InChI=1S/C9H17N3.2C2H6/c1-9-11-6-8-12(9)7-4-3-5-10-2;2*1-2/h6,8,10H,3-5,7H2,1-2H3;2*1-2H3. The van der Waals surface area contributed by atoms with Crippen molar-refractivity contribution in [3.63, 3.8) is 0 Å². The minimum atomic E-state index is 1.09. The Hall–Kier alpha value is -0.830. The molecule has 0 radical (unpaired) electrons. The van der Waals surface area contributed by atoms with Crippen molar-refractivity contribution < 1.29 is 0 Å². The van der Waals surface area contributed by atoms with Gasteiger partial charge in [0.25, 0.3) is 0 Å². The maximum absolute atomic E-state index is 4.16. The molecule has 0 fully saturated rings. The first-order valence-electron chi connectivity index (χ1n) is 6.47. The van der Waals surface area contributed by atoms with Gasteiger partial charge in [0.05, 0.1) is 0 Å². The van der Waals surface area contributed by atoms with Gasteiger partial charge in [-0.2, -0.15) is 0 Å². The van der Waals surface area contributed by atoms with Crippen LogP contribution in [0.25, 0.3) is 0 Å². The summed E-state index contributed by atoms with van der Waals surface area (Å²) in [5.41, 5.74) is 0. The minimum absolute atomic E-state index is 1.09. The van der Waals surface area contributed by atoms with E-state index in [9.17, 15) is 0 Å². The van der Waals surface area contributed by atoms with Crippen LogP contribution in [0.3, 0.4) is 0 Å². The Labute approximate surface area is 101 Å². The summed E-state index contributed by atoms with van der Waals surface area (Å²) in [7, 11) is 1.99. The molecule has 0 saturated carbocycles. The van der Waals surface area contributed by atoms with Crippen molar-refractivity contribution in [3.05, 3.63) is 18.2 Å². The largest absolute Gasteiger partial charge is 0.335 e. The Kier molecular flexibility index (Phi) is 15.6. The zero-order chi connectivity index (χ0) is 12.8. The van der Waals surface area contributed by atoms with Gasteiger partial charge in [0.2, 0.25) is 0 Å². The second-order valence-corrected chi connectivity index (χ2v) is 2.98. The zero-order valence-corrected chi connectivity index (χ0v) is 11.9. The third-order valence-corrected chi connectivity index (χ3v) is 2.00. The monoisotopic (exact) mass is 227 g/mol. The smallest absolute Gasteiger partial charge is 0.105 e. The van der Waals surface area contributed by atoms with Crippen molar-refractivity contribution >= 4 is 0 Å². The summed E-state index contributed by atoms with van der Waals surface area (Å²) in [4.78, 5) is 4.16. The normalized spacial score (nSPS) is 8.62. The van der Waals surface area contributed by atoms with Crippen molar-refractivity contribution in [3.8, 4) is 0 Å². The maximum Gasteiger partial charge on any atom is 0.105 e. The highest BCUT2D eigenvalue weighted by molar-refractivity contribution is 4.87. The van der Waals surface area contributed by atoms with Crippen LogP contribution in [0.5, 0.6) is 0 Å². The summed E-state index contributed by atoms with van der Waals surface area (Å²) in [5.74, 6) is 1.11. The van der Waals surface area contributed by atoms with Gasteiger partial charge in [0, 0.05) is 18.9 Å². The molecular formula is C13H29N3. The summed E-state index contributed by atoms with van der Waals surface area (Å²) >= 11 is 0. The van der Waals surface area contributed by atoms with Crippen LogP contribution in [-0.4, -0.2) is 23.1 Å². The topological polar surface area (TPSA) is 29.9 Å². The molecule has 0 aliphatic heterocycles. The fourth-order valence-corrected chi connectivity index (χ4v) is 1.22. The van der Waals surface area contributed by atoms with E-state index >= 15 is 0 Å². The van der Waals surface area contributed by atoms with E-state index in [1.165, 1.54) is 12.8 Å². The summed E-state index contributed by atoms with van der Waals surface area (Å²) in [6.07, 6.45) is 6.34. The molecule has 3 nitrogen and oxygen atoms in total. The number of nitrogens with zero attached hydrogens (tertiary/aromatic N) is 2. The van der Waals surface area contributed by atoms with Crippen LogP contribution in [0.2, 0.25) is 0 Å². The molecule has 0 aliphatic carbocycles. The maximum atomic E-state index is 4.16. The molecular weight excluding hydrogens is 198 g/mol. The van der Waals surface area contributed by atoms with Crippen molar-refractivity contribution in [1.82, 2.24) is 14.9 Å². The number of unbranched alkanes of at least 4 members (excludes halogenated alkanes) is 1. The van der Waals surface area contributed by atoms with Gasteiger partial charge in [-0.1, -0.05) is 27.7 Å². The van der Waals surface area contributed by atoms with Crippen LogP contribution in [0.4, 0.5) is 0 Å². The van der Waals surface area contributed by atoms with E-state index < -0.39 is 0 Å². The molecule has 3 heteroatoms. The third-order valence-electron chi connectivity index (χ3n) is 2.00. The van der Waals surface area contributed by atoms with Crippen LogP contribution in [0, 0.1) is 6.92 Å². The molecule has 0 aromatic carbocycles. The van der Waals surface area contributed by atoms with Gasteiger partial charge in [-0.25, -0.2) is 4.98 Å². The van der Waals surface area contributed by atoms with Crippen LogP contribution < -0.4 is 5.32 Å². The van der Waals surface area contributed by atoms with E-state index in [0.717, 1.165) is 18.9 Å². The molecule has 16 heavy (non-hydrogen) atoms. The Morgan fingerprint density at radius 3 is 2.25 bits per heavy atom. The average Bonchev–Trinajstić information content (AvgIpc) is 2.76. The molecule has 0 unspecified atom stereocenters. The van der Waals surface area contributed by atoms with Crippen molar-refractivity contribution in [1.29, 1.82) is 0 Å². The lowest BCUT2D eigenvalue weighted by Gasteiger charge is -2.03. The molecule has 96 valence electrons. The van der Waals surface area contributed by atoms with Gasteiger partial charge >= 0.3 is 0 Å². The number of hydrogen-bond donors (Lipinski definition) is 1.